The molecule has 0 bridgehead atoms. The van der Waals surface area contributed by atoms with Crippen LogP contribution in [0.4, 0.5) is 4.39 Å². The lowest BCUT2D eigenvalue weighted by Crippen LogP contribution is -2.28. The third-order valence-electron chi connectivity index (χ3n) is 4.95. The number of hydrogen-bond acceptors (Lipinski definition) is 4. The number of likely N-dealkylation sites (tertiary alicyclic amines) is 1. The van der Waals surface area contributed by atoms with E-state index in [2.05, 4.69) is 25.4 Å². The fraction of sp³-hybridized carbons (Fsp3) is 0.350. The molecule has 0 unspecified atom stereocenters. The summed E-state index contributed by atoms with van der Waals surface area (Å²) >= 11 is 0. The maximum atomic E-state index is 14.2. The van der Waals surface area contributed by atoms with E-state index in [4.69, 9.17) is 0 Å². The third-order valence-corrected chi connectivity index (χ3v) is 4.95. The van der Waals surface area contributed by atoms with Gasteiger partial charge in [-0.1, -0.05) is 12.1 Å². The van der Waals surface area contributed by atoms with Crippen LogP contribution in [-0.2, 0) is 0 Å². The minimum atomic E-state index is -0.374. The number of carbonyl (C=O) groups is 1. The van der Waals surface area contributed by atoms with E-state index in [9.17, 15) is 9.18 Å². The number of hydrogen-bond donors (Lipinski definition) is 2. The van der Waals surface area contributed by atoms with Crippen molar-refractivity contribution in [2.24, 2.45) is 0 Å². The van der Waals surface area contributed by atoms with E-state index >= 15 is 0 Å². The maximum absolute atomic E-state index is 14.2. The van der Waals surface area contributed by atoms with E-state index in [1.54, 1.807) is 30.5 Å². The minimum Gasteiger partial charge on any atom is -0.352 e. The molecule has 1 fully saturated rings. The maximum Gasteiger partial charge on any atom is 0.252 e. The average molecular weight is 367 g/mol. The predicted octanol–water partition coefficient (Wildman–Crippen LogP) is 2.98. The summed E-state index contributed by atoms with van der Waals surface area (Å²) in [6.45, 7) is 3.91. The Labute approximate surface area is 156 Å². The highest BCUT2D eigenvalue weighted by Gasteiger charge is 2.17. The number of aromatic nitrogens is 3. The number of fused-ring (bicyclic) bond motifs is 1. The Kier molecular flexibility index (Phi) is 5.11. The van der Waals surface area contributed by atoms with Crippen molar-refractivity contribution < 1.29 is 9.18 Å². The van der Waals surface area contributed by atoms with Crippen molar-refractivity contribution >= 4 is 16.9 Å². The molecule has 1 saturated heterocycles. The van der Waals surface area contributed by atoms with Gasteiger partial charge in [-0.3, -0.25) is 9.89 Å². The first-order chi connectivity index (χ1) is 13.2. The summed E-state index contributed by atoms with van der Waals surface area (Å²) in [5, 5.41) is 10.4. The van der Waals surface area contributed by atoms with Gasteiger partial charge in [0, 0.05) is 12.1 Å². The molecule has 2 aromatic heterocycles. The molecule has 0 atom stereocenters. The quantitative estimate of drug-likeness (QED) is 0.657. The fourth-order valence-corrected chi connectivity index (χ4v) is 3.53. The molecular formula is C20H22FN5O. The first-order valence-electron chi connectivity index (χ1n) is 9.32. The van der Waals surface area contributed by atoms with Crippen LogP contribution >= 0.6 is 0 Å². The van der Waals surface area contributed by atoms with E-state index < -0.39 is 0 Å². The second-order valence-corrected chi connectivity index (χ2v) is 6.83. The molecule has 1 aliphatic rings. The van der Waals surface area contributed by atoms with Gasteiger partial charge in [-0.25, -0.2) is 9.37 Å². The van der Waals surface area contributed by atoms with E-state index in [-0.39, 0.29) is 11.7 Å². The zero-order valence-electron chi connectivity index (χ0n) is 15.0. The number of H-pyrrole nitrogens is 1. The monoisotopic (exact) mass is 367 g/mol. The number of nitrogens with zero attached hydrogens (tertiary/aromatic N) is 3. The van der Waals surface area contributed by atoms with E-state index in [0.29, 0.717) is 34.4 Å². The lowest BCUT2D eigenvalue weighted by atomic mass is 10.1. The Morgan fingerprint density at radius 3 is 2.89 bits per heavy atom. The van der Waals surface area contributed by atoms with Gasteiger partial charge < -0.3 is 10.2 Å². The SMILES string of the molecule is O=C(NCCCN1CCCC1)c1cc(-c2ccccc2F)nc2[nH]ncc12. The van der Waals surface area contributed by atoms with Crippen molar-refractivity contribution in [3.63, 3.8) is 0 Å². The van der Waals surface area contributed by atoms with Crippen LogP contribution in [0.25, 0.3) is 22.3 Å². The molecule has 7 heteroatoms. The van der Waals surface area contributed by atoms with Crippen LogP contribution in [-0.4, -0.2) is 52.2 Å². The molecule has 1 aromatic carbocycles. The second kappa shape index (κ2) is 7.84. The molecule has 0 radical (unpaired) electrons. The molecule has 2 N–H and O–H groups in total. The van der Waals surface area contributed by atoms with E-state index in [1.165, 1.54) is 18.9 Å². The van der Waals surface area contributed by atoms with Gasteiger partial charge in [-0.05, 0) is 57.1 Å². The molecule has 4 rings (SSSR count). The Bertz CT molecular complexity index is 948. The molecule has 3 aromatic rings. The molecule has 3 heterocycles. The molecule has 0 aliphatic carbocycles. The van der Waals surface area contributed by atoms with Crippen molar-refractivity contribution in [1.29, 1.82) is 0 Å². The highest BCUT2D eigenvalue weighted by atomic mass is 19.1. The van der Waals surface area contributed by atoms with Gasteiger partial charge >= 0.3 is 0 Å². The van der Waals surface area contributed by atoms with Gasteiger partial charge in [-0.2, -0.15) is 5.10 Å². The molecule has 140 valence electrons. The van der Waals surface area contributed by atoms with Crippen LogP contribution in [0, 0.1) is 5.82 Å². The summed E-state index contributed by atoms with van der Waals surface area (Å²) < 4.78 is 14.2. The molecule has 1 amide bonds. The van der Waals surface area contributed by atoms with Crippen LogP contribution in [0.1, 0.15) is 29.6 Å². The van der Waals surface area contributed by atoms with Crippen molar-refractivity contribution in [3.05, 3.63) is 47.9 Å². The van der Waals surface area contributed by atoms with Crippen LogP contribution < -0.4 is 5.32 Å². The van der Waals surface area contributed by atoms with Crippen molar-refractivity contribution in [2.45, 2.75) is 19.3 Å². The molecule has 0 spiro atoms. The molecular weight excluding hydrogens is 345 g/mol. The Hall–Kier alpha value is -2.80. The third kappa shape index (κ3) is 3.83. The lowest BCUT2D eigenvalue weighted by Gasteiger charge is -2.14. The summed E-state index contributed by atoms with van der Waals surface area (Å²) in [5.41, 5.74) is 1.69. The fourth-order valence-electron chi connectivity index (χ4n) is 3.53. The largest absolute Gasteiger partial charge is 0.352 e. The smallest absolute Gasteiger partial charge is 0.252 e. The van der Waals surface area contributed by atoms with Gasteiger partial charge in [0.25, 0.3) is 5.91 Å². The second-order valence-electron chi connectivity index (χ2n) is 6.83. The van der Waals surface area contributed by atoms with Crippen LogP contribution in [0.3, 0.4) is 0 Å². The molecule has 6 nitrogen and oxygen atoms in total. The van der Waals surface area contributed by atoms with Crippen molar-refractivity contribution in [3.8, 4) is 11.3 Å². The molecule has 27 heavy (non-hydrogen) atoms. The average Bonchev–Trinajstić information content (AvgIpc) is 3.36. The summed E-state index contributed by atoms with van der Waals surface area (Å²) in [6, 6.07) is 8.03. The Morgan fingerprint density at radius 1 is 1.26 bits per heavy atom. The molecule has 1 aliphatic heterocycles. The minimum absolute atomic E-state index is 0.192. The van der Waals surface area contributed by atoms with Crippen LogP contribution in [0.15, 0.2) is 36.5 Å². The zero-order chi connectivity index (χ0) is 18.6. The van der Waals surface area contributed by atoms with Gasteiger partial charge in [0.15, 0.2) is 5.65 Å². The number of carbonyl (C=O) groups excluding carboxylic acids is 1. The number of rotatable bonds is 6. The zero-order valence-corrected chi connectivity index (χ0v) is 15.0. The highest BCUT2D eigenvalue weighted by Crippen LogP contribution is 2.25. The Balaban J connectivity index is 1.52. The van der Waals surface area contributed by atoms with Crippen molar-refractivity contribution in [2.75, 3.05) is 26.2 Å². The normalized spacial score (nSPS) is 14.7. The summed E-state index contributed by atoms with van der Waals surface area (Å²) in [6.07, 6.45) is 5.01. The summed E-state index contributed by atoms with van der Waals surface area (Å²) in [4.78, 5) is 19.6. The lowest BCUT2D eigenvalue weighted by molar-refractivity contribution is 0.0953. The van der Waals surface area contributed by atoms with Gasteiger partial charge in [0.05, 0.1) is 22.8 Å². The van der Waals surface area contributed by atoms with E-state index in [0.717, 1.165) is 26.1 Å². The first kappa shape index (κ1) is 17.6. The van der Waals surface area contributed by atoms with Gasteiger partial charge in [-0.15, -0.1) is 0 Å². The predicted molar refractivity (Wildman–Crippen MR) is 102 cm³/mol. The topological polar surface area (TPSA) is 73.9 Å². The number of nitrogens with one attached hydrogen (secondary N) is 2. The van der Waals surface area contributed by atoms with Crippen molar-refractivity contribution in [1.82, 2.24) is 25.4 Å². The van der Waals surface area contributed by atoms with E-state index in [1.807, 2.05) is 0 Å². The Morgan fingerprint density at radius 2 is 2.07 bits per heavy atom. The number of pyridine rings is 1. The number of halogens is 1. The van der Waals surface area contributed by atoms with Crippen LogP contribution in [0.5, 0.6) is 0 Å². The summed E-state index contributed by atoms with van der Waals surface area (Å²) in [7, 11) is 0. The highest BCUT2D eigenvalue weighted by molar-refractivity contribution is 6.06. The first-order valence-corrected chi connectivity index (χ1v) is 9.32. The van der Waals surface area contributed by atoms with Gasteiger partial charge in [0.1, 0.15) is 5.82 Å². The number of aromatic amines is 1. The summed E-state index contributed by atoms with van der Waals surface area (Å²) in [5.74, 6) is -0.566. The molecule has 0 saturated carbocycles. The van der Waals surface area contributed by atoms with Gasteiger partial charge in [0.2, 0.25) is 0 Å². The number of amides is 1. The van der Waals surface area contributed by atoms with Crippen LogP contribution in [0.2, 0.25) is 0 Å². The standard InChI is InChI=1S/C20H22FN5O/c21-17-7-2-1-6-14(17)18-12-15(16-13-23-25-19(16)24-18)20(27)22-8-5-11-26-9-3-4-10-26/h1-2,6-7,12-13H,3-5,8-11H2,(H,22,27)(H,23,24,25). The number of benzene rings is 1.